The number of benzene rings is 3. The normalized spacial score (nSPS) is 27.2. The van der Waals surface area contributed by atoms with Gasteiger partial charge in [0.25, 0.3) is 5.91 Å². The molecule has 2 fully saturated rings. The van der Waals surface area contributed by atoms with Gasteiger partial charge in [0.15, 0.2) is 0 Å². The molecule has 5 atom stereocenters. The molecule has 0 aromatic heterocycles. The molecule has 1 aliphatic heterocycles. The summed E-state index contributed by atoms with van der Waals surface area (Å²) >= 11 is 0. The maximum absolute atomic E-state index is 13.0. The molecule has 1 heterocycles. The minimum absolute atomic E-state index is 0.0668. The van der Waals surface area contributed by atoms with Gasteiger partial charge in [-0.2, -0.15) is 0 Å². The van der Waals surface area contributed by atoms with E-state index in [1.165, 1.54) is 36.1 Å². The van der Waals surface area contributed by atoms with Crippen LogP contribution in [0.4, 0.5) is 11.4 Å². The third-order valence-electron chi connectivity index (χ3n) is 7.86. The predicted molar refractivity (Wildman–Crippen MR) is 127 cm³/mol. The van der Waals surface area contributed by atoms with Gasteiger partial charge in [-0.25, -0.2) is 0 Å². The molecule has 4 heteroatoms. The number of hydrogen-bond acceptors (Lipinski definition) is 3. The summed E-state index contributed by atoms with van der Waals surface area (Å²) in [6, 6.07) is 24.9. The van der Waals surface area contributed by atoms with Gasteiger partial charge in [0.1, 0.15) is 5.75 Å². The van der Waals surface area contributed by atoms with Gasteiger partial charge in [-0.05, 0) is 96.5 Å². The number of carbonyl (C=O) groups excluding carboxylic acids is 1. The summed E-state index contributed by atoms with van der Waals surface area (Å²) in [4.78, 5) is 13.0. The third-order valence-corrected chi connectivity index (χ3v) is 7.86. The van der Waals surface area contributed by atoms with Crippen molar-refractivity contribution in [3.8, 4) is 5.75 Å². The first kappa shape index (κ1) is 19.4. The van der Waals surface area contributed by atoms with Crippen molar-refractivity contribution in [2.24, 2.45) is 17.8 Å². The third kappa shape index (κ3) is 3.17. The van der Waals surface area contributed by atoms with Gasteiger partial charge in [-0.15, -0.1) is 0 Å². The van der Waals surface area contributed by atoms with Crippen molar-refractivity contribution in [2.75, 3.05) is 17.7 Å². The Kier molecular flexibility index (Phi) is 4.67. The second-order valence-electron chi connectivity index (χ2n) is 9.45. The van der Waals surface area contributed by atoms with Crippen LogP contribution in [0.25, 0.3) is 0 Å². The van der Waals surface area contributed by atoms with E-state index in [-0.39, 0.29) is 5.91 Å². The Morgan fingerprint density at radius 1 is 0.969 bits per heavy atom. The summed E-state index contributed by atoms with van der Waals surface area (Å²) in [7, 11) is 1.64. The largest absolute Gasteiger partial charge is 0.497 e. The van der Waals surface area contributed by atoms with Crippen LogP contribution in [0.1, 0.15) is 52.7 Å². The fourth-order valence-electron chi connectivity index (χ4n) is 6.50. The predicted octanol–water partition coefficient (Wildman–Crippen LogP) is 6.24. The van der Waals surface area contributed by atoms with E-state index in [4.69, 9.17) is 4.74 Å². The summed E-state index contributed by atoms with van der Waals surface area (Å²) in [5.41, 5.74) is 5.39. The zero-order valence-corrected chi connectivity index (χ0v) is 18.3. The summed E-state index contributed by atoms with van der Waals surface area (Å²) in [5, 5.41) is 6.88. The van der Waals surface area contributed by atoms with Crippen LogP contribution < -0.4 is 15.4 Å². The molecule has 0 unspecified atom stereocenters. The fourth-order valence-corrected chi connectivity index (χ4v) is 6.50. The molecule has 4 nitrogen and oxygen atoms in total. The zero-order chi connectivity index (χ0) is 21.7. The Balaban J connectivity index is 1.32. The van der Waals surface area contributed by atoms with Crippen molar-refractivity contribution in [1.29, 1.82) is 0 Å². The number of anilines is 2. The Bertz CT molecular complexity index is 1140. The molecule has 2 N–H and O–H groups in total. The van der Waals surface area contributed by atoms with Crippen molar-refractivity contribution in [3.05, 3.63) is 89.5 Å². The molecule has 162 valence electrons. The van der Waals surface area contributed by atoms with Crippen molar-refractivity contribution >= 4 is 17.3 Å². The highest BCUT2D eigenvalue weighted by molar-refractivity contribution is 6.04. The average Bonchev–Trinajstić information content (AvgIpc) is 3.47. The van der Waals surface area contributed by atoms with Crippen molar-refractivity contribution in [3.63, 3.8) is 0 Å². The summed E-state index contributed by atoms with van der Waals surface area (Å²) in [6.07, 6.45) is 3.97. The Hall–Kier alpha value is -3.27. The number of nitrogens with one attached hydrogen (secondary N) is 2. The molecule has 6 rings (SSSR count). The van der Waals surface area contributed by atoms with Crippen LogP contribution in [0.15, 0.2) is 72.8 Å². The highest BCUT2D eigenvalue weighted by Crippen LogP contribution is 2.63. The Labute approximate surface area is 189 Å². The molecule has 2 saturated carbocycles. The molecule has 3 aromatic rings. The first-order chi connectivity index (χ1) is 15.7. The van der Waals surface area contributed by atoms with E-state index in [9.17, 15) is 4.79 Å². The number of methoxy groups -OCH3 is 1. The number of hydrogen-bond donors (Lipinski definition) is 2. The number of amides is 1. The molecular weight excluding hydrogens is 396 g/mol. The highest BCUT2D eigenvalue weighted by atomic mass is 16.5. The SMILES string of the molecule is COc1ccc(NC(=O)c2ccc3c(c2)[C@@H]2[C@H]4CC[C@@H](C4)[C@@H]2[C@@H](c2ccccc2)N3)cc1. The fraction of sp³-hybridized carbons (Fsp3) is 0.321. The molecule has 0 saturated heterocycles. The van der Waals surface area contributed by atoms with Gasteiger partial charge in [0.2, 0.25) is 0 Å². The molecular formula is C28H28N2O2. The molecule has 0 spiro atoms. The first-order valence-electron chi connectivity index (χ1n) is 11.6. The van der Waals surface area contributed by atoms with Gasteiger partial charge in [0.05, 0.1) is 13.2 Å². The maximum atomic E-state index is 13.0. The van der Waals surface area contributed by atoms with Crippen molar-refractivity contribution < 1.29 is 9.53 Å². The monoisotopic (exact) mass is 424 g/mol. The van der Waals surface area contributed by atoms with Crippen LogP contribution in [0.3, 0.4) is 0 Å². The summed E-state index contributed by atoms with van der Waals surface area (Å²) in [5.74, 6) is 3.35. The van der Waals surface area contributed by atoms with Crippen LogP contribution in [0.5, 0.6) is 5.75 Å². The molecule has 2 aliphatic carbocycles. The van der Waals surface area contributed by atoms with Gasteiger partial charge in [0, 0.05) is 16.9 Å². The summed E-state index contributed by atoms with van der Waals surface area (Å²) in [6.45, 7) is 0. The van der Waals surface area contributed by atoms with Gasteiger partial charge in [-0.1, -0.05) is 30.3 Å². The highest BCUT2D eigenvalue weighted by Gasteiger charge is 2.53. The Morgan fingerprint density at radius 3 is 2.53 bits per heavy atom. The Morgan fingerprint density at radius 2 is 1.75 bits per heavy atom. The van der Waals surface area contributed by atoms with E-state index in [1.54, 1.807) is 7.11 Å². The lowest BCUT2D eigenvalue weighted by molar-refractivity contribution is 0.102. The molecule has 2 bridgehead atoms. The zero-order valence-electron chi connectivity index (χ0n) is 18.3. The average molecular weight is 425 g/mol. The lowest BCUT2D eigenvalue weighted by Crippen LogP contribution is -2.35. The summed E-state index contributed by atoms with van der Waals surface area (Å²) < 4.78 is 5.21. The maximum Gasteiger partial charge on any atom is 0.255 e. The second-order valence-corrected chi connectivity index (χ2v) is 9.45. The van der Waals surface area contributed by atoms with Crippen LogP contribution in [-0.4, -0.2) is 13.0 Å². The molecule has 3 aliphatic rings. The van der Waals surface area contributed by atoms with Gasteiger partial charge in [-0.3, -0.25) is 4.79 Å². The number of ether oxygens (including phenoxy) is 1. The lowest BCUT2D eigenvalue weighted by Gasteiger charge is -2.43. The quantitative estimate of drug-likeness (QED) is 0.521. The van der Waals surface area contributed by atoms with Crippen LogP contribution >= 0.6 is 0 Å². The van der Waals surface area contributed by atoms with Crippen LogP contribution in [0, 0.1) is 17.8 Å². The van der Waals surface area contributed by atoms with E-state index in [2.05, 4.69) is 53.1 Å². The van der Waals surface area contributed by atoms with Crippen molar-refractivity contribution in [2.45, 2.75) is 31.2 Å². The van der Waals surface area contributed by atoms with E-state index < -0.39 is 0 Å². The molecule has 32 heavy (non-hydrogen) atoms. The second kappa shape index (κ2) is 7.70. The van der Waals surface area contributed by atoms with Crippen molar-refractivity contribution in [1.82, 2.24) is 0 Å². The van der Waals surface area contributed by atoms with Crippen LogP contribution in [0.2, 0.25) is 0 Å². The minimum atomic E-state index is -0.0668. The van der Waals surface area contributed by atoms with E-state index in [1.807, 2.05) is 30.3 Å². The van der Waals surface area contributed by atoms with Gasteiger partial charge >= 0.3 is 0 Å². The standard InChI is InChI=1S/C28H28N2O2/c1-32-22-12-10-21(11-13-22)29-28(31)20-9-14-24-23(16-20)25-18-7-8-19(15-18)26(25)27(30-24)17-5-3-2-4-6-17/h2-6,9-14,16,18-19,25-27,30H,7-8,15H2,1H3,(H,29,31)/t18-,19-,25-,26-,27+/m0/s1. The minimum Gasteiger partial charge on any atom is -0.497 e. The topological polar surface area (TPSA) is 50.4 Å². The lowest BCUT2D eigenvalue weighted by atomic mass is 9.68. The smallest absolute Gasteiger partial charge is 0.255 e. The molecule has 1 amide bonds. The van der Waals surface area contributed by atoms with E-state index in [0.29, 0.717) is 17.9 Å². The number of carbonyl (C=O) groups is 1. The number of fused-ring (bicyclic) bond motifs is 7. The number of rotatable bonds is 4. The van der Waals surface area contributed by atoms with E-state index in [0.717, 1.165) is 28.8 Å². The molecule has 3 aromatic carbocycles. The molecule has 0 radical (unpaired) electrons. The van der Waals surface area contributed by atoms with Crippen LogP contribution in [-0.2, 0) is 0 Å². The van der Waals surface area contributed by atoms with E-state index >= 15 is 0 Å². The van der Waals surface area contributed by atoms with Gasteiger partial charge < -0.3 is 15.4 Å². The first-order valence-corrected chi connectivity index (χ1v) is 11.6.